The molecule has 0 unspecified atom stereocenters. The van der Waals surface area contributed by atoms with E-state index in [2.05, 4.69) is 42.5 Å². The van der Waals surface area contributed by atoms with Crippen LogP contribution in [-0.4, -0.2) is 24.9 Å². The molecule has 0 atom stereocenters. The van der Waals surface area contributed by atoms with E-state index >= 15 is 0 Å². The highest BCUT2D eigenvalue weighted by Crippen LogP contribution is 2.30. The van der Waals surface area contributed by atoms with Crippen molar-refractivity contribution < 1.29 is 9.59 Å². The average Bonchev–Trinajstić information content (AvgIpc) is 2.97. The van der Waals surface area contributed by atoms with Crippen LogP contribution in [0.2, 0.25) is 0 Å². The smallest absolute Gasteiger partial charge is 0.243 e. The van der Waals surface area contributed by atoms with Gasteiger partial charge in [-0.3, -0.25) is 9.59 Å². The van der Waals surface area contributed by atoms with E-state index < -0.39 is 0 Å². The summed E-state index contributed by atoms with van der Waals surface area (Å²) in [4.78, 5) is 25.5. The Morgan fingerprint density at radius 3 is 2.68 bits per heavy atom. The second-order valence-electron chi connectivity index (χ2n) is 5.79. The van der Waals surface area contributed by atoms with E-state index in [0.29, 0.717) is 6.54 Å². The molecule has 0 aromatic heterocycles. The van der Waals surface area contributed by atoms with Gasteiger partial charge in [0.15, 0.2) is 0 Å². The van der Waals surface area contributed by atoms with Crippen molar-refractivity contribution in [3.05, 3.63) is 50.9 Å². The van der Waals surface area contributed by atoms with Crippen LogP contribution in [0.5, 0.6) is 0 Å². The lowest BCUT2D eigenvalue weighted by molar-refractivity contribution is -0.116. The number of fused-ring (bicyclic) bond motifs is 1. The van der Waals surface area contributed by atoms with Gasteiger partial charge in [0.05, 0.1) is 6.54 Å². The van der Waals surface area contributed by atoms with E-state index in [4.69, 9.17) is 0 Å². The maximum absolute atomic E-state index is 12.2. The molecule has 0 saturated carbocycles. The SMILES string of the molecule is CC(=O)N1CCc2cc(NC(=O)CNc3ccc(Br)cc3Br)ccc21. The lowest BCUT2D eigenvalue weighted by atomic mass is 10.1. The monoisotopic (exact) mass is 465 g/mol. The summed E-state index contributed by atoms with van der Waals surface area (Å²) in [5.41, 5.74) is 3.61. The molecule has 5 nitrogen and oxygen atoms in total. The zero-order chi connectivity index (χ0) is 18.0. The summed E-state index contributed by atoms with van der Waals surface area (Å²) < 4.78 is 1.85. The molecular formula is C18H17Br2N3O2. The molecular weight excluding hydrogens is 450 g/mol. The average molecular weight is 467 g/mol. The van der Waals surface area contributed by atoms with Gasteiger partial charge < -0.3 is 15.5 Å². The first-order valence-corrected chi connectivity index (χ1v) is 9.42. The third kappa shape index (κ3) is 4.22. The number of carbonyl (C=O) groups is 2. The van der Waals surface area contributed by atoms with E-state index in [0.717, 1.165) is 38.0 Å². The number of amides is 2. The Morgan fingerprint density at radius 1 is 1.16 bits per heavy atom. The Bertz CT molecular complexity index is 839. The van der Waals surface area contributed by atoms with Crippen LogP contribution in [0.4, 0.5) is 17.1 Å². The molecule has 0 saturated heterocycles. The summed E-state index contributed by atoms with van der Waals surface area (Å²) in [6.45, 7) is 2.43. The largest absolute Gasteiger partial charge is 0.375 e. The van der Waals surface area contributed by atoms with E-state index in [9.17, 15) is 9.59 Å². The van der Waals surface area contributed by atoms with Crippen LogP contribution in [0, 0.1) is 0 Å². The zero-order valence-electron chi connectivity index (χ0n) is 13.6. The van der Waals surface area contributed by atoms with Gasteiger partial charge in [-0.1, -0.05) is 15.9 Å². The fourth-order valence-electron chi connectivity index (χ4n) is 2.82. The van der Waals surface area contributed by atoms with Crippen LogP contribution in [0.1, 0.15) is 12.5 Å². The number of nitrogens with zero attached hydrogens (tertiary/aromatic N) is 1. The van der Waals surface area contributed by atoms with Gasteiger partial charge in [0.1, 0.15) is 0 Å². The van der Waals surface area contributed by atoms with Crippen LogP contribution >= 0.6 is 31.9 Å². The first kappa shape index (κ1) is 17.9. The molecule has 0 fully saturated rings. The summed E-state index contributed by atoms with van der Waals surface area (Å²) in [7, 11) is 0. The molecule has 2 N–H and O–H groups in total. The van der Waals surface area contributed by atoms with Gasteiger partial charge in [-0.2, -0.15) is 0 Å². The van der Waals surface area contributed by atoms with E-state index in [1.165, 1.54) is 0 Å². The first-order valence-electron chi connectivity index (χ1n) is 7.84. The van der Waals surface area contributed by atoms with Crippen molar-refractivity contribution in [1.82, 2.24) is 0 Å². The first-order chi connectivity index (χ1) is 11.9. The number of hydrogen-bond acceptors (Lipinski definition) is 3. The highest BCUT2D eigenvalue weighted by atomic mass is 79.9. The zero-order valence-corrected chi connectivity index (χ0v) is 16.8. The molecule has 3 rings (SSSR count). The number of rotatable bonds is 4. The molecule has 1 aliphatic heterocycles. The molecule has 2 amide bonds. The second kappa shape index (κ2) is 7.58. The Kier molecular flexibility index (Phi) is 5.44. The summed E-state index contributed by atoms with van der Waals surface area (Å²) >= 11 is 6.86. The summed E-state index contributed by atoms with van der Waals surface area (Å²) in [5, 5.41) is 5.99. The third-order valence-electron chi connectivity index (χ3n) is 4.01. The van der Waals surface area contributed by atoms with Crippen LogP contribution < -0.4 is 15.5 Å². The van der Waals surface area contributed by atoms with Gasteiger partial charge in [-0.25, -0.2) is 0 Å². The van der Waals surface area contributed by atoms with E-state index in [1.54, 1.807) is 11.8 Å². The Hall–Kier alpha value is -1.86. The van der Waals surface area contributed by atoms with E-state index in [-0.39, 0.29) is 18.4 Å². The third-order valence-corrected chi connectivity index (χ3v) is 5.16. The van der Waals surface area contributed by atoms with Crippen LogP contribution in [0.25, 0.3) is 0 Å². The predicted octanol–water partition coefficient (Wildman–Crippen LogP) is 4.17. The second-order valence-corrected chi connectivity index (χ2v) is 7.56. The minimum atomic E-state index is -0.129. The van der Waals surface area contributed by atoms with Gasteiger partial charge in [0, 0.05) is 39.5 Å². The molecule has 0 radical (unpaired) electrons. The van der Waals surface area contributed by atoms with Crippen molar-refractivity contribution >= 4 is 60.7 Å². The number of benzene rings is 2. The van der Waals surface area contributed by atoms with Crippen LogP contribution in [-0.2, 0) is 16.0 Å². The topological polar surface area (TPSA) is 61.4 Å². The highest BCUT2D eigenvalue weighted by molar-refractivity contribution is 9.11. The predicted molar refractivity (Wildman–Crippen MR) is 107 cm³/mol. The fraction of sp³-hybridized carbons (Fsp3) is 0.222. The quantitative estimate of drug-likeness (QED) is 0.710. The maximum Gasteiger partial charge on any atom is 0.243 e. The molecule has 0 aliphatic carbocycles. The summed E-state index contributed by atoms with van der Waals surface area (Å²) in [6, 6.07) is 11.4. The standard InChI is InChI=1S/C18H17Br2N3O2/c1-11(24)23-7-6-12-8-14(3-5-17(12)23)22-18(25)10-21-16-4-2-13(19)9-15(16)20/h2-5,8-9,21H,6-7,10H2,1H3,(H,22,25). The molecule has 1 aliphatic rings. The van der Waals surface area contributed by atoms with Gasteiger partial charge in [-0.05, 0) is 64.3 Å². The van der Waals surface area contributed by atoms with Gasteiger partial charge >= 0.3 is 0 Å². The molecule has 0 spiro atoms. The Morgan fingerprint density at radius 2 is 1.96 bits per heavy atom. The Balaban J connectivity index is 1.61. The fourth-order valence-corrected chi connectivity index (χ4v) is 4.01. The summed E-state index contributed by atoms with van der Waals surface area (Å²) in [5.74, 6) is -0.0870. The molecule has 2 aromatic carbocycles. The van der Waals surface area contributed by atoms with E-state index in [1.807, 2.05) is 36.4 Å². The van der Waals surface area contributed by atoms with Crippen molar-refractivity contribution in [1.29, 1.82) is 0 Å². The normalized spacial score (nSPS) is 12.7. The van der Waals surface area contributed by atoms with Gasteiger partial charge in [0.25, 0.3) is 0 Å². The Labute approximate surface area is 163 Å². The van der Waals surface area contributed by atoms with Crippen molar-refractivity contribution in [2.75, 3.05) is 28.6 Å². The molecule has 130 valence electrons. The van der Waals surface area contributed by atoms with Crippen LogP contribution in [0.3, 0.4) is 0 Å². The number of halogens is 2. The molecule has 1 heterocycles. The van der Waals surface area contributed by atoms with Gasteiger partial charge in [0.2, 0.25) is 11.8 Å². The molecule has 7 heteroatoms. The maximum atomic E-state index is 12.2. The van der Waals surface area contributed by atoms with Crippen LogP contribution in [0.15, 0.2) is 45.3 Å². The van der Waals surface area contributed by atoms with Crippen molar-refractivity contribution in [3.63, 3.8) is 0 Å². The molecule has 25 heavy (non-hydrogen) atoms. The number of nitrogens with one attached hydrogen (secondary N) is 2. The number of carbonyl (C=O) groups excluding carboxylic acids is 2. The summed E-state index contributed by atoms with van der Waals surface area (Å²) in [6.07, 6.45) is 0.808. The minimum absolute atomic E-state index is 0.0415. The lowest BCUT2D eigenvalue weighted by Crippen LogP contribution is -2.25. The lowest BCUT2D eigenvalue weighted by Gasteiger charge is -2.15. The number of hydrogen-bond donors (Lipinski definition) is 2. The molecule has 2 aromatic rings. The van der Waals surface area contributed by atoms with Gasteiger partial charge in [-0.15, -0.1) is 0 Å². The van der Waals surface area contributed by atoms with Crippen molar-refractivity contribution in [2.45, 2.75) is 13.3 Å². The molecule has 0 bridgehead atoms. The van der Waals surface area contributed by atoms with Crippen molar-refractivity contribution in [2.24, 2.45) is 0 Å². The minimum Gasteiger partial charge on any atom is -0.375 e. The highest BCUT2D eigenvalue weighted by Gasteiger charge is 2.22. The number of anilines is 3. The van der Waals surface area contributed by atoms with Crippen molar-refractivity contribution in [3.8, 4) is 0 Å².